The lowest BCUT2D eigenvalue weighted by molar-refractivity contribution is 0.416. The maximum absolute atomic E-state index is 5.85. The van der Waals surface area contributed by atoms with Crippen molar-refractivity contribution in [2.45, 2.75) is 17.3 Å². The Balaban J connectivity index is 1.55. The number of ether oxygens (including phenoxy) is 1. The average Bonchev–Trinajstić information content (AvgIpc) is 3.36. The zero-order valence-corrected chi connectivity index (χ0v) is 16.6. The van der Waals surface area contributed by atoms with Crippen LogP contribution in [0.15, 0.2) is 64.2 Å². The van der Waals surface area contributed by atoms with Gasteiger partial charge >= 0.3 is 0 Å². The van der Waals surface area contributed by atoms with Crippen LogP contribution in [0.2, 0.25) is 0 Å². The molecule has 2 aromatic heterocycles. The number of thioether (sulfide) groups is 1. The molecule has 0 aliphatic rings. The van der Waals surface area contributed by atoms with Crippen molar-refractivity contribution in [1.82, 2.24) is 25.0 Å². The third-order valence-electron chi connectivity index (χ3n) is 4.27. The van der Waals surface area contributed by atoms with Gasteiger partial charge in [0.1, 0.15) is 5.75 Å². The van der Waals surface area contributed by atoms with Gasteiger partial charge < -0.3 is 13.7 Å². The van der Waals surface area contributed by atoms with Gasteiger partial charge in [-0.25, -0.2) is 0 Å². The van der Waals surface area contributed by atoms with Crippen LogP contribution >= 0.6 is 11.8 Å². The Morgan fingerprint density at radius 2 is 1.71 bits per heavy atom. The third kappa shape index (κ3) is 3.50. The number of hydrogen-bond donors (Lipinski definition) is 0. The van der Waals surface area contributed by atoms with Crippen LogP contribution in [-0.2, 0) is 7.05 Å². The molecule has 4 rings (SSSR count). The summed E-state index contributed by atoms with van der Waals surface area (Å²) in [6.07, 6.45) is 0. The first-order valence-corrected chi connectivity index (χ1v) is 9.63. The summed E-state index contributed by atoms with van der Waals surface area (Å²) in [6, 6.07) is 17.5. The van der Waals surface area contributed by atoms with E-state index >= 15 is 0 Å². The second-order valence-electron chi connectivity index (χ2n) is 6.14. The summed E-state index contributed by atoms with van der Waals surface area (Å²) in [4.78, 5) is 0. The highest BCUT2D eigenvalue weighted by molar-refractivity contribution is 7.99. The second-order valence-corrected chi connectivity index (χ2v) is 7.44. The van der Waals surface area contributed by atoms with E-state index in [0.717, 1.165) is 27.9 Å². The molecule has 28 heavy (non-hydrogen) atoms. The lowest BCUT2D eigenvalue weighted by atomic mass is 10.2. The molecule has 0 unspecified atom stereocenters. The first-order valence-electron chi connectivity index (χ1n) is 8.75. The predicted molar refractivity (Wildman–Crippen MR) is 107 cm³/mol. The molecule has 8 heteroatoms. The Hall–Kier alpha value is -3.13. The van der Waals surface area contributed by atoms with Gasteiger partial charge in [0.25, 0.3) is 0 Å². The fourth-order valence-electron chi connectivity index (χ4n) is 2.79. The molecule has 2 aromatic carbocycles. The van der Waals surface area contributed by atoms with Gasteiger partial charge in [-0.3, -0.25) is 0 Å². The monoisotopic (exact) mass is 393 g/mol. The molecule has 0 aliphatic carbocycles. The fourth-order valence-corrected chi connectivity index (χ4v) is 3.63. The van der Waals surface area contributed by atoms with E-state index in [0.29, 0.717) is 11.8 Å². The highest BCUT2D eigenvalue weighted by atomic mass is 32.2. The maximum atomic E-state index is 5.85. The minimum atomic E-state index is -0.0709. The quantitative estimate of drug-likeness (QED) is 0.449. The van der Waals surface area contributed by atoms with Crippen LogP contribution in [0.3, 0.4) is 0 Å². The molecular formula is C20H19N5O2S. The van der Waals surface area contributed by atoms with E-state index in [9.17, 15) is 0 Å². The van der Waals surface area contributed by atoms with Crippen molar-refractivity contribution in [1.29, 1.82) is 0 Å². The van der Waals surface area contributed by atoms with E-state index in [4.69, 9.17) is 9.15 Å². The Morgan fingerprint density at radius 1 is 0.964 bits per heavy atom. The summed E-state index contributed by atoms with van der Waals surface area (Å²) in [7, 11) is 3.58. The number of nitrogens with zero attached hydrogens (tertiary/aromatic N) is 5. The predicted octanol–water partition coefficient (Wildman–Crippen LogP) is 4.39. The smallest absolute Gasteiger partial charge is 0.247 e. The van der Waals surface area contributed by atoms with Crippen LogP contribution in [0, 0.1) is 0 Å². The largest absolute Gasteiger partial charge is 0.496 e. The zero-order chi connectivity index (χ0) is 19.5. The molecule has 0 fully saturated rings. The van der Waals surface area contributed by atoms with Crippen LogP contribution in [0.25, 0.3) is 22.8 Å². The van der Waals surface area contributed by atoms with Crippen molar-refractivity contribution in [2.75, 3.05) is 7.11 Å². The molecule has 142 valence electrons. The van der Waals surface area contributed by atoms with Crippen molar-refractivity contribution in [3.05, 3.63) is 60.5 Å². The number of aromatic nitrogens is 5. The van der Waals surface area contributed by atoms with Gasteiger partial charge in [0.05, 0.1) is 17.9 Å². The second kappa shape index (κ2) is 7.85. The molecule has 0 saturated heterocycles. The lowest BCUT2D eigenvalue weighted by Crippen LogP contribution is -1.98. The molecule has 4 aromatic rings. The first-order chi connectivity index (χ1) is 13.7. The van der Waals surface area contributed by atoms with Crippen molar-refractivity contribution >= 4 is 11.8 Å². The molecule has 7 nitrogen and oxygen atoms in total. The maximum Gasteiger partial charge on any atom is 0.247 e. The topological polar surface area (TPSA) is 78.9 Å². The molecule has 0 saturated carbocycles. The van der Waals surface area contributed by atoms with Crippen LogP contribution in [0.1, 0.15) is 18.1 Å². The van der Waals surface area contributed by atoms with Gasteiger partial charge in [0, 0.05) is 12.6 Å². The summed E-state index contributed by atoms with van der Waals surface area (Å²) >= 11 is 1.51. The number of para-hydroxylation sites is 1. The first kappa shape index (κ1) is 18.2. The highest BCUT2D eigenvalue weighted by Gasteiger charge is 2.21. The molecule has 0 N–H and O–H groups in total. The Bertz CT molecular complexity index is 1080. The van der Waals surface area contributed by atoms with Crippen molar-refractivity contribution in [2.24, 2.45) is 7.05 Å². The van der Waals surface area contributed by atoms with Gasteiger partial charge in [-0.05, 0) is 31.2 Å². The summed E-state index contributed by atoms with van der Waals surface area (Å²) in [5, 5.41) is 17.7. The minimum absolute atomic E-state index is 0.0709. The number of benzene rings is 2. The third-order valence-corrected chi connectivity index (χ3v) is 5.40. The molecule has 0 aliphatic heterocycles. The molecule has 1 atom stereocenters. The summed E-state index contributed by atoms with van der Waals surface area (Å²) in [5.74, 6) is 2.55. The van der Waals surface area contributed by atoms with E-state index in [2.05, 4.69) is 20.4 Å². The van der Waals surface area contributed by atoms with E-state index in [1.807, 2.05) is 73.1 Å². The van der Waals surface area contributed by atoms with Gasteiger partial charge in [-0.2, -0.15) is 0 Å². The highest BCUT2D eigenvalue weighted by Crippen LogP contribution is 2.36. The van der Waals surface area contributed by atoms with E-state index in [1.54, 1.807) is 7.11 Å². The molecule has 0 bridgehead atoms. The molecule has 0 spiro atoms. The standard InChI is InChI=1S/C20H19N5O2S/c1-13(18-22-23-19(27-18)14-9-5-4-6-10-14)28-20-24-21-17(25(20)2)15-11-7-8-12-16(15)26-3/h4-13H,1-3H3/t13-/m0/s1. The molecular weight excluding hydrogens is 374 g/mol. The summed E-state index contributed by atoms with van der Waals surface area (Å²) in [6.45, 7) is 2.00. The number of rotatable bonds is 6. The van der Waals surface area contributed by atoms with Gasteiger partial charge in [-0.1, -0.05) is 42.1 Å². The minimum Gasteiger partial charge on any atom is -0.496 e. The molecule has 2 heterocycles. The van der Waals surface area contributed by atoms with Crippen molar-refractivity contribution in [3.63, 3.8) is 0 Å². The van der Waals surface area contributed by atoms with Crippen LogP contribution < -0.4 is 4.74 Å². The zero-order valence-electron chi connectivity index (χ0n) is 15.7. The Morgan fingerprint density at radius 3 is 2.50 bits per heavy atom. The average molecular weight is 393 g/mol. The van der Waals surface area contributed by atoms with Crippen LogP contribution in [0.4, 0.5) is 0 Å². The Kier molecular flexibility index (Phi) is 5.12. The fraction of sp³-hybridized carbons (Fsp3) is 0.200. The Labute approximate surface area is 166 Å². The van der Waals surface area contributed by atoms with Gasteiger partial charge in [0.15, 0.2) is 11.0 Å². The number of hydrogen-bond acceptors (Lipinski definition) is 7. The van der Waals surface area contributed by atoms with Gasteiger partial charge in [0.2, 0.25) is 11.8 Å². The summed E-state index contributed by atoms with van der Waals surface area (Å²) < 4.78 is 13.2. The van der Waals surface area contributed by atoms with E-state index in [1.165, 1.54) is 11.8 Å². The lowest BCUT2D eigenvalue weighted by Gasteiger charge is -2.09. The van der Waals surface area contributed by atoms with Crippen molar-refractivity contribution < 1.29 is 9.15 Å². The molecule has 0 amide bonds. The van der Waals surface area contributed by atoms with E-state index in [-0.39, 0.29) is 5.25 Å². The SMILES string of the molecule is COc1ccccc1-c1nnc(S[C@@H](C)c2nnc(-c3ccccc3)o2)n1C. The van der Waals surface area contributed by atoms with Crippen LogP contribution in [-0.4, -0.2) is 32.1 Å². The van der Waals surface area contributed by atoms with E-state index < -0.39 is 0 Å². The van der Waals surface area contributed by atoms with Crippen LogP contribution in [0.5, 0.6) is 5.75 Å². The molecule has 0 radical (unpaired) electrons. The van der Waals surface area contributed by atoms with Crippen molar-refractivity contribution in [3.8, 4) is 28.6 Å². The normalized spacial score (nSPS) is 12.1. The number of methoxy groups -OCH3 is 1. The van der Waals surface area contributed by atoms with Gasteiger partial charge in [-0.15, -0.1) is 20.4 Å². The summed E-state index contributed by atoms with van der Waals surface area (Å²) in [5.41, 5.74) is 1.79.